The molecule has 3 unspecified atom stereocenters. The van der Waals surface area contributed by atoms with E-state index in [4.69, 9.17) is 4.74 Å². The third-order valence-corrected chi connectivity index (χ3v) is 4.40. The second-order valence-electron chi connectivity index (χ2n) is 5.86. The van der Waals surface area contributed by atoms with Gasteiger partial charge in [0.2, 0.25) is 0 Å². The number of methoxy groups -OCH3 is 1. The van der Waals surface area contributed by atoms with Crippen molar-refractivity contribution in [3.63, 3.8) is 0 Å². The average Bonchev–Trinajstić information content (AvgIpc) is 2.85. The number of para-hydroxylation sites is 1. The standard InChI is InChI=1S/C17H27NO/c1-4-18-16(14-10-9-13(2)11-14)12-15-7-5-6-8-17(15)19-3/h5-8,13-14,16,18H,4,9-12H2,1-3H3. The first kappa shape index (κ1) is 14.4. The topological polar surface area (TPSA) is 21.3 Å². The van der Waals surface area contributed by atoms with Gasteiger partial charge in [0.15, 0.2) is 0 Å². The van der Waals surface area contributed by atoms with Gasteiger partial charge in [-0.2, -0.15) is 0 Å². The van der Waals surface area contributed by atoms with Gasteiger partial charge in [-0.25, -0.2) is 0 Å². The Morgan fingerprint density at radius 2 is 2.11 bits per heavy atom. The van der Waals surface area contributed by atoms with E-state index >= 15 is 0 Å². The third kappa shape index (κ3) is 3.73. The fourth-order valence-corrected chi connectivity index (χ4v) is 3.39. The zero-order valence-corrected chi connectivity index (χ0v) is 12.5. The van der Waals surface area contributed by atoms with Gasteiger partial charge >= 0.3 is 0 Å². The van der Waals surface area contributed by atoms with Crippen LogP contribution in [0.1, 0.15) is 38.7 Å². The Kier molecular flexibility index (Phi) is 5.26. The number of ether oxygens (including phenoxy) is 1. The quantitative estimate of drug-likeness (QED) is 0.844. The van der Waals surface area contributed by atoms with Crippen molar-refractivity contribution >= 4 is 0 Å². The van der Waals surface area contributed by atoms with Crippen molar-refractivity contribution in [1.29, 1.82) is 0 Å². The number of hydrogen-bond acceptors (Lipinski definition) is 2. The first-order valence-electron chi connectivity index (χ1n) is 7.59. The Hall–Kier alpha value is -1.02. The van der Waals surface area contributed by atoms with Gasteiger partial charge in [-0.15, -0.1) is 0 Å². The molecule has 0 heterocycles. The molecule has 19 heavy (non-hydrogen) atoms. The number of hydrogen-bond donors (Lipinski definition) is 1. The Balaban J connectivity index is 2.07. The van der Waals surface area contributed by atoms with Crippen LogP contribution in [0, 0.1) is 11.8 Å². The van der Waals surface area contributed by atoms with Crippen molar-refractivity contribution in [3.8, 4) is 5.75 Å². The van der Waals surface area contributed by atoms with Crippen LogP contribution in [0.4, 0.5) is 0 Å². The Labute approximate surface area is 117 Å². The van der Waals surface area contributed by atoms with Crippen LogP contribution >= 0.6 is 0 Å². The summed E-state index contributed by atoms with van der Waals surface area (Å²) in [4.78, 5) is 0. The Morgan fingerprint density at radius 1 is 1.32 bits per heavy atom. The highest BCUT2D eigenvalue weighted by molar-refractivity contribution is 5.34. The molecule has 2 nitrogen and oxygen atoms in total. The predicted octanol–water partition coefficient (Wildman–Crippen LogP) is 3.65. The van der Waals surface area contributed by atoms with Gasteiger partial charge in [-0.05, 0) is 49.3 Å². The lowest BCUT2D eigenvalue weighted by molar-refractivity contribution is 0.346. The highest BCUT2D eigenvalue weighted by Crippen LogP contribution is 2.34. The molecule has 1 saturated carbocycles. The van der Waals surface area contributed by atoms with E-state index in [-0.39, 0.29) is 0 Å². The lowest BCUT2D eigenvalue weighted by Gasteiger charge is -2.25. The lowest BCUT2D eigenvalue weighted by atomic mass is 9.91. The summed E-state index contributed by atoms with van der Waals surface area (Å²) in [6.45, 7) is 5.63. The molecule has 1 aliphatic rings. The zero-order chi connectivity index (χ0) is 13.7. The van der Waals surface area contributed by atoms with E-state index in [1.165, 1.54) is 24.8 Å². The lowest BCUT2D eigenvalue weighted by Crippen LogP contribution is -2.37. The van der Waals surface area contributed by atoms with Crippen molar-refractivity contribution in [2.75, 3.05) is 13.7 Å². The molecule has 0 bridgehead atoms. The van der Waals surface area contributed by atoms with Gasteiger partial charge < -0.3 is 10.1 Å². The van der Waals surface area contributed by atoms with Gasteiger partial charge in [0.1, 0.15) is 5.75 Å². The molecular formula is C17H27NO. The number of likely N-dealkylation sites (N-methyl/N-ethyl adjacent to an activating group) is 1. The minimum Gasteiger partial charge on any atom is -0.496 e. The van der Waals surface area contributed by atoms with E-state index < -0.39 is 0 Å². The third-order valence-electron chi connectivity index (χ3n) is 4.40. The number of rotatable bonds is 6. The van der Waals surface area contributed by atoms with Crippen LogP contribution < -0.4 is 10.1 Å². The summed E-state index contributed by atoms with van der Waals surface area (Å²) < 4.78 is 5.48. The van der Waals surface area contributed by atoms with Gasteiger partial charge in [-0.3, -0.25) is 0 Å². The van der Waals surface area contributed by atoms with Crippen LogP contribution in [-0.4, -0.2) is 19.7 Å². The van der Waals surface area contributed by atoms with Crippen LogP contribution in [0.3, 0.4) is 0 Å². The molecule has 1 aromatic carbocycles. The molecule has 2 rings (SSSR count). The van der Waals surface area contributed by atoms with Gasteiger partial charge in [0.25, 0.3) is 0 Å². The molecule has 0 radical (unpaired) electrons. The SMILES string of the molecule is CCNC(Cc1ccccc1OC)C1CCC(C)C1. The molecule has 0 amide bonds. The molecular weight excluding hydrogens is 234 g/mol. The molecule has 0 aliphatic heterocycles. The summed E-state index contributed by atoms with van der Waals surface area (Å²) in [5.74, 6) is 2.74. The smallest absolute Gasteiger partial charge is 0.122 e. The molecule has 0 aromatic heterocycles. The second-order valence-corrected chi connectivity index (χ2v) is 5.86. The molecule has 1 N–H and O–H groups in total. The van der Waals surface area contributed by atoms with Crippen molar-refractivity contribution in [1.82, 2.24) is 5.32 Å². The summed E-state index contributed by atoms with van der Waals surface area (Å²) in [7, 11) is 1.76. The maximum Gasteiger partial charge on any atom is 0.122 e. The van der Waals surface area contributed by atoms with Gasteiger partial charge in [-0.1, -0.05) is 38.5 Å². The summed E-state index contributed by atoms with van der Waals surface area (Å²) in [5, 5.41) is 3.69. The molecule has 1 aromatic rings. The molecule has 106 valence electrons. The van der Waals surface area contributed by atoms with E-state index in [0.29, 0.717) is 6.04 Å². The summed E-state index contributed by atoms with van der Waals surface area (Å²) >= 11 is 0. The number of benzene rings is 1. The molecule has 0 saturated heterocycles. The minimum atomic E-state index is 0.589. The second kappa shape index (κ2) is 6.95. The summed E-state index contributed by atoms with van der Waals surface area (Å²) in [6, 6.07) is 9.00. The monoisotopic (exact) mass is 261 g/mol. The van der Waals surface area contributed by atoms with Crippen molar-refractivity contribution in [2.45, 2.75) is 45.6 Å². The van der Waals surface area contributed by atoms with Gasteiger partial charge in [0, 0.05) is 6.04 Å². The molecule has 2 heteroatoms. The van der Waals surface area contributed by atoms with E-state index in [1.54, 1.807) is 7.11 Å². The summed E-state index contributed by atoms with van der Waals surface area (Å²) in [6.07, 6.45) is 5.20. The summed E-state index contributed by atoms with van der Waals surface area (Å²) in [5.41, 5.74) is 1.33. The van der Waals surface area contributed by atoms with Crippen LogP contribution in [-0.2, 0) is 6.42 Å². The average molecular weight is 261 g/mol. The van der Waals surface area contributed by atoms with E-state index in [1.807, 2.05) is 6.07 Å². The Morgan fingerprint density at radius 3 is 2.74 bits per heavy atom. The van der Waals surface area contributed by atoms with Crippen LogP contribution in [0.5, 0.6) is 5.75 Å². The Bertz CT molecular complexity index is 391. The fourth-order valence-electron chi connectivity index (χ4n) is 3.39. The molecule has 1 fully saturated rings. The fraction of sp³-hybridized carbons (Fsp3) is 0.647. The van der Waals surface area contributed by atoms with Crippen LogP contribution in [0.15, 0.2) is 24.3 Å². The first-order valence-corrected chi connectivity index (χ1v) is 7.59. The molecule has 1 aliphatic carbocycles. The van der Waals surface area contributed by atoms with E-state index in [0.717, 1.165) is 30.6 Å². The van der Waals surface area contributed by atoms with Gasteiger partial charge in [0.05, 0.1) is 7.11 Å². The normalized spacial score (nSPS) is 24.4. The highest BCUT2D eigenvalue weighted by Gasteiger charge is 2.28. The van der Waals surface area contributed by atoms with Crippen molar-refractivity contribution < 1.29 is 4.74 Å². The van der Waals surface area contributed by atoms with E-state index in [9.17, 15) is 0 Å². The van der Waals surface area contributed by atoms with Crippen LogP contribution in [0.25, 0.3) is 0 Å². The van der Waals surface area contributed by atoms with Crippen LogP contribution in [0.2, 0.25) is 0 Å². The molecule has 3 atom stereocenters. The van der Waals surface area contributed by atoms with Crippen molar-refractivity contribution in [3.05, 3.63) is 29.8 Å². The maximum absolute atomic E-state index is 5.48. The van der Waals surface area contributed by atoms with E-state index in [2.05, 4.69) is 37.4 Å². The zero-order valence-electron chi connectivity index (χ0n) is 12.5. The first-order chi connectivity index (χ1) is 9.24. The molecule has 0 spiro atoms. The largest absolute Gasteiger partial charge is 0.496 e. The van der Waals surface area contributed by atoms with Crippen molar-refractivity contribution in [2.24, 2.45) is 11.8 Å². The highest BCUT2D eigenvalue weighted by atomic mass is 16.5. The predicted molar refractivity (Wildman–Crippen MR) is 80.7 cm³/mol. The maximum atomic E-state index is 5.48. The number of nitrogens with one attached hydrogen (secondary N) is 1. The minimum absolute atomic E-state index is 0.589.